The van der Waals surface area contributed by atoms with Gasteiger partial charge in [0.25, 0.3) is 11.8 Å². The van der Waals surface area contributed by atoms with Gasteiger partial charge in [0.05, 0.1) is 18.7 Å². The lowest BCUT2D eigenvalue weighted by atomic mass is 10.0. The van der Waals surface area contributed by atoms with E-state index in [0.29, 0.717) is 25.5 Å². The average molecular weight is 672 g/mol. The molecule has 20 heteroatoms. The Morgan fingerprint density at radius 1 is 1.30 bits per heavy atom. The number of hydrogen-bond donors (Lipinski definition) is 5. The summed E-state index contributed by atoms with van der Waals surface area (Å²) in [6, 6.07) is -1.06. The summed E-state index contributed by atoms with van der Waals surface area (Å²) in [5.74, 6) is -3.85. The van der Waals surface area contributed by atoms with Crippen molar-refractivity contribution in [2.45, 2.75) is 36.0 Å². The van der Waals surface area contributed by atoms with Gasteiger partial charge in [-0.2, -0.15) is 0 Å². The van der Waals surface area contributed by atoms with Crippen LogP contribution >= 0.6 is 46.2 Å². The van der Waals surface area contributed by atoms with E-state index in [2.05, 4.69) is 20.4 Å². The molecule has 0 bridgehead atoms. The Bertz CT molecular complexity index is 1520. The first kappa shape index (κ1) is 32.2. The summed E-state index contributed by atoms with van der Waals surface area (Å²) in [5, 5.41) is 36.2. The number of fused-ring (bicyclic) bond motifs is 1. The highest BCUT2D eigenvalue weighted by Crippen LogP contribution is 2.42. The van der Waals surface area contributed by atoms with E-state index >= 15 is 0 Å². The number of oxime groups is 1. The third-order valence-electron chi connectivity index (χ3n) is 5.98. The Morgan fingerprint density at radius 3 is 2.67 bits per heavy atom. The van der Waals surface area contributed by atoms with Gasteiger partial charge < -0.3 is 26.1 Å². The number of carboxylic acid groups (broad SMARTS) is 2. The molecule has 1 fully saturated rings. The molecule has 0 aliphatic carbocycles. The van der Waals surface area contributed by atoms with Crippen molar-refractivity contribution in [1.29, 1.82) is 0 Å². The number of nitrogens with zero attached hydrogens (tertiary/aromatic N) is 5. The molecule has 0 unspecified atom stereocenters. The molecule has 43 heavy (non-hydrogen) atoms. The van der Waals surface area contributed by atoms with Crippen molar-refractivity contribution in [1.82, 2.24) is 25.2 Å². The van der Waals surface area contributed by atoms with Crippen molar-refractivity contribution in [3.05, 3.63) is 32.9 Å². The number of aryl methyl sites for hydroxylation is 1. The van der Waals surface area contributed by atoms with Crippen molar-refractivity contribution < 1.29 is 44.2 Å². The predicted molar refractivity (Wildman–Crippen MR) is 157 cm³/mol. The van der Waals surface area contributed by atoms with Gasteiger partial charge in [0, 0.05) is 28.7 Å². The molecule has 0 saturated carbocycles. The maximum atomic E-state index is 13.2. The Labute approximate surface area is 259 Å². The first-order valence-corrected chi connectivity index (χ1v) is 16.0. The highest BCUT2D eigenvalue weighted by atomic mass is 32.2. The van der Waals surface area contributed by atoms with E-state index in [9.17, 15) is 34.3 Å². The number of carbonyl (C=O) groups is 5. The maximum Gasteiger partial charge on any atom is 0.352 e. The van der Waals surface area contributed by atoms with Crippen LogP contribution in [-0.4, -0.2) is 107 Å². The lowest BCUT2D eigenvalue weighted by Gasteiger charge is -2.49. The largest absolute Gasteiger partial charge is 0.481 e. The average Bonchev–Trinajstić information content (AvgIpc) is 3.53. The minimum Gasteiger partial charge on any atom is -0.481 e. The molecule has 1 saturated heterocycles. The Hall–Kier alpha value is -3.72. The van der Waals surface area contributed by atoms with Crippen LogP contribution in [-0.2, 0) is 35.2 Å². The fourth-order valence-electron chi connectivity index (χ4n) is 3.91. The van der Waals surface area contributed by atoms with E-state index in [-0.39, 0.29) is 53.3 Å². The van der Waals surface area contributed by atoms with Gasteiger partial charge in [0.15, 0.2) is 15.2 Å². The van der Waals surface area contributed by atoms with Gasteiger partial charge in [0.2, 0.25) is 5.91 Å². The first-order valence-electron chi connectivity index (χ1n) is 12.3. The molecule has 2 aliphatic rings. The maximum absolute atomic E-state index is 13.2. The Kier molecular flexibility index (Phi) is 10.3. The second-order valence-electron chi connectivity index (χ2n) is 8.95. The molecule has 6 N–H and O–H groups in total. The predicted octanol–water partition coefficient (Wildman–Crippen LogP) is 0.607. The highest BCUT2D eigenvalue weighted by molar-refractivity contribution is 8.01. The van der Waals surface area contributed by atoms with Gasteiger partial charge >= 0.3 is 11.9 Å². The zero-order valence-corrected chi connectivity index (χ0v) is 25.8. The number of anilines is 1. The molecule has 0 aromatic carbocycles. The number of aromatic nitrogens is 2. The number of nitrogen functional groups attached to an aromatic ring is 1. The van der Waals surface area contributed by atoms with Crippen LogP contribution in [0.3, 0.4) is 0 Å². The van der Waals surface area contributed by atoms with Crippen molar-refractivity contribution >= 4 is 86.7 Å². The fourth-order valence-corrected chi connectivity index (χ4v) is 8.17. The second-order valence-corrected chi connectivity index (χ2v) is 13.3. The number of amides is 3. The van der Waals surface area contributed by atoms with Crippen molar-refractivity contribution in [3.63, 3.8) is 0 Å². The quantitative estimate of drug-likeness (QED) is 0.0490. The number of nitrogens with one attached hydrogen (secondary N) is 1. The van der Waals surface area contributed by atoms with E-state index < -0.39 is 41.1 Å². The van der Waals surface area contributed by atoms with Gasteiger partial charge in [-0.1, -0.05) is 16.9 Å². The van der Waals surface area contributed by atoms with Crippen molar-refractivity contribution in [2.24, 2.45) is 5.16 Å². The standard InChI is InChI=1S/C23H25N7O9S4/c1-9-13(5-14(32)33)43-23(25-9)42-7-11-6-40-20-16(19(35)30(20)17(11)21(36)37)27-18(34)15(12-8-41-22(24)26-12)28-39-4-3-29(38)10(2)31/h8,16,20,38H,3-7H2,1-2H3,(H2,24,26)(H,27,34)(H,32,33)(H,36,37)/b28-15-/t16-,20-/m1/s1. The van der Waals surface area contributed by atoms with E-state index in [4.69, 9.17) is 15.7 Å². The zero-order valence-electron chi connectivity index (χ0n) is 22.5. The second kappa shape index (κ2) is 13.7. The van der Waals surface area contributed by atoms with Crippen LogP contribution in [0.15, 0.2) is 26.1 Å². The lowest BCUT2D eigenvalue weighted by molar-refractivity contribution is -0.165. The molecule has 4 rings (SSSR count). The molecule has 0 spiro atoms. The summed E-state index contributed by atoms with van der Waals surface area (Å²) in [6.45, 7) is 2.38. The van der Waals surface area contributed by atoms with Gasteiger partial charge in [-0.05, 0) is 12.5 Å². The van der Waals surface area contributed by atoms with Gasteiger partial charge in [-0.3, -0.25) is 29.3 Å². The van der Waals surface area contributed by atoms with Crippen LogP contribution in [0.2, 0.25) is 0 Å². The van der Waals surface area contributed by atoms with Crippen LogP contribution < -0.4 is 11.1 Å². The van der Waals surface area contributed by atoms with Crippen LogP contribution in [0.4, 0.5) is 5.13 Å². The summed E-state index contributed by atoms with van der Waals surface area (Å²) in [4.78, 5) is 76.0. The monoisotopic (exact) mass is 671 g/mol. The molecule has 230 valence electrons. The normalized spacial score (nSPS) is 18.2. The van der Waals surface area contributed by atoms with E-state index in [1.54, 1.807) is 6.92 Å². The lowest BCUT2D eigenvalue weighted by Crippen LogP contribution is -2.71. The van der Waals surface area contributed by atoms with E-state index in [1.165, 1.54) is 40.2 Å². The van der Waals surface area contributed by atoms with Crippen LogP contribution in [0.25, 0.3) is 0 Å². The van der Waals surface area contributed by atoms with Crippen LogP contribution in [0, 0.1) is 6.92 Å². The fraction of sp³-hybridized carbons (Fsp3) is 0.391. The number of hydrogen-bond acceptors (Lipinski definition) is 15. The number of thioether (sulfide) groups is 2. The number of carbonyl (C=O) groups excluding carboxylic acids is 3. The molecule has 2 aromatic rings. The number of nitrogens with two attached hydrogens (primary N) is 1. The number of carboxylic acids is 2. The number of β-lactam (4-membered cyclic amide) rings is 1. The first-order chi connectivity index (χ1) is 20.4. The Balaban J connectivity index is 1.45. The van der Waals surface area contributed by atoms with Gasteiger partial charge in [-0.25, -0.2) is 19.8 Å². The van der Waals surface area contributed by atoms with E-state index in [0.717, 1.165) is 23.2 Å². The summed E-state index contributed by atoms with van der Waals surface area (Å²) >= 11 is 4.80. The molecular weight excluding hydrogens is 647 g/mol. The smallest absolute Gasteiger partial charge is 0.352 e. The number of hydroxylamine groups is 2. The molecule has 0 radical (unpaired) electrons. The minimum atomic E-state index is -1.29. The summed E-state index contributed by atoms with van der Waals surface area (Å²) < 4.78 is 0.586. The Morgan fingerprint density at radius 2 is 2.05 bits per heavy atom. The molecule has 4 heterocycles. The van der Waals surface area contributed by atoms with Gasteiger partial charge in [-0.15, -0.1) is 34.4 Å². The molecule has 2 aliphatic heterocycles. The van der Waals surface area contributed by atoms with E-state index in [1.807, 2.05) is 0 Å². The third-order valence-corrected chi connectivity index (χ3v) is 10.4. The molecule has 2 atom stereocenters. The summed E-state index contributed by atoms with van der Waals surface area (Å²) in [7, 11) is 0. The zero-order chi connectivity index (χ0) is 31.4. The third kappa shape index (κ3) is 7.44. The molecule has 2 aromatic heterocycles. The van der Waals surface area contributed by atoms with Crippen LogP contribution in [0.5, 0.6) is 0 Å². The molecule has 3 amide bonds. The highest BCUT2D eigenvalue weighted by Gasteiger charge is 2.54. The van der Waals surface area contributed by atoms with Crippen molar-refractivity contribution in [3.8, 4) is 0 Å². The number of rotatable bonds is 13. The topological polar surface area (TPSA) is 238 Å². The SMILES string of the molecule is CC(=O)N(O)CCO/N=C(\C(=O)N[C@@H]1C(=O)N2C(C(=O)O)=C(CSc3nc(C)c(CC(=O)O)s3)CS[C@H]12)c1csc(N)n1. The van der Waals surface area contributed by atoms with Crippen molar-refractivity contribution in [2.75, 3.05) is 30.4 Å². The van der Waals surface area contributed by atoms with Crippen LogP contribution in [0.1, 0.15) is 23.2 Å². The van der Waals surface area contributed by atoms with Gasteiger partial charge in [0.1, 0.15) is 29.4 Å². The summed E-state index contributed by atoms with van der Waals surface area (Å²) in [5.41, 5.74) is 6.36. The molecule has 16 nitrogen and oxygen atoms in total. The number of thiazole rings is 2. The summed E-state index contributed by atoms with van der Waals surface area (Å²) in [6.07, 6.45) is -0.157. The minimum absolute atomic E-state index is 0.0710. The number of aliphatic carboxylic acids is 2. The molecular formula is C23H25N7O9S4.